The molecule has 0 atom stereocenters. The van der Waals surface area contributed by atoms with Crippen molar-refractivity contribution in [3.8, 4) is 11.4 Å². The van der Waals surface area contributed by atoms with Crippen LogP contribution in [0.1, 0.15) is 33.3 Å². The Bertz CT molecular complexity index is 803. The number of pyridine rings is 1. The quantitative estimate of drug-likeness (QED) is 0.874. The highest BCUT2D eigenvalue weighted by Crippen LogP contribution is 2.18. The molecule has 1 aromatic carbocycles. The van der Waals surface area contributed by atoms with Gasteiger partial charge in [0, 0.05) is 16.9 Å². The number of nitrogens with zero attached hydrogens (tertiary/aromatic N) is 1. The number of aromatic nitrogens is 1. The number of methoxy groups -OCH3 is 1. The van der Waals surface area contributed by atoms with Crippen molar-refractivity contribution in [1.82, 2.24) is 4.57 Å². The molecule has 0 amide bonds. The Morgan fingerprint density at radius 3 is 2.18 bits per heavy atom. The number of carbonyl (C=O) groups is 2. The van der Waals surface area contributed by atoms with Gasteiger partial charge in [0.05, 0.1) is 7.11 Å². The summed E-state index contributed by atoms with van der Waals surface area (Å²) >= 11 is 0. The van der Waals surface area contributed by atoms with Crippen LogP contribution in [-0.4, -0.2) is 28.5 Å². The topological polar surface area (TPSA) is 85.6 Å². The first kappa shape index (κ1) is 15.5. The second-order valence-corrected chi connectivity index (χ2v) is 4.76. The molecule has 6 nitrogen and oxygen atoms in total. The number of hydrogen-bond acceptors (Lipinski definition) is 4. The van der Waals surface area contributed by atoms with Gasteiger partial charge in [-0.1, -0.05) is 0 Å². The number of rotatable bonds is 4. The van der Waals surface area contributed by atoms with E-state index in [0.29, 0.717) is 17.1 Å². The number of carbonyl (C=O) groups excluding carboxylic acids is 1. The van der Waals surface area contributed by atoms with E-state index in [2.05, 4.69) is 0 Å². The SMILES string of the molecule is COc1ccc(-n2c(C)c(C(C)=O)cc(C(=O)O)c2=O)cc1. The van der Waals surface area contributed by atoms with Gasteiger partial charge in [0.2, 0.25) is 0 Å². The molecular weight excluding hydrogens is 286 g/mol. The highest BCUT2D eigenvalue weighted by atomic mass is 16.5. The summed E-state index contributed by atoms with van der Waals surface area (Å²) in [4.78, 5) is 35.4. The normalized spacial score (nSPS) is 10.3. The molecule has 2 rings (SSSR count). The van der Waals surface area contributed by atoms with Crippen LogP contribution in [0.5, 0.6) is 5.75 Å². The molecule has 0 unspecified atom stereocenters. The monoisotopic (exact) mass is 301 g/mol. The van der Waals surface area contributed by atoms with Crippen molar-refractivity contribution in [1.29, 1.82) is 0 Å². The van der Waals surface area contributed by atoms with Crippen LogP contribution in [0, 0.1) is 6.92 Å². The van der Waals surface area contributed by atoms with Crippen LogP contribution in [0.25, 0.3) is 5.69 Å². The van der Waals surface area contributed by atoms with Crippen LogP contribution < -0.4 is 10.3 Å². The summed E-state index contributed by atoms with van der Waals surface area (Å²) < 4.78 is 6.28. The number of Topliss-reactive ketones (excluding diaryl/α,β-unsaturated/α-hetero) is 1. The second-order valence-electron chi connectivity index (χ2n) is 4.76. The molecule has 6 heteroatoms. The molecule has 1 N–H and O–H groups in total. The van der Waals surface area contributed by atoms with Gasteiger partial charge in [-0.3, -0.25) is 14.2 Å². The zero-order valence-electron chi connectivity index (χ0n) is 12.4. The fraction of sp³-hybridized carbons (Fsp3) is 0.188. The van der Waals surface area contributed by atoms with Crippen molar-refractivity contribution in [2.45, 2.75) is 13.8 Å². The van der Waals surface area contributed by atoms with Gasteiger partial charge < -0.3 is 9.84 Å². The molecule has 2 aromatic rings. The van der Waals surface area contributed by atoms with Gasteiger partial charge in [-0.15, -0.1) is 0 Å². The summed E-state index contributed by atoms with van der Waals surface area (Å²) in [6.45, 7) is 2.94. The molecule has 1 aromatic heterocycles. The van der Waals surface area contributed by atoms with Crippen LogP contribution in [0.15, 0.2) is 35.1 Å². The standard InChI is InChI=1S/C16H15NO5/c1-9-13(10(2)18)8-14(16(20)21)15(19)17(9)11-4-6-12(22-3)7-5-11/h4-8H,1-3H3,(H,20,21). The lowest BCUT2D eigenvalue weighted by Gasteiger charge is -2.14. The maximum absolute atomic E-state index is 12.4. The predicted molar refractivity (Wildman–Crippen MR) is 80.3 cm³/mol. The highest BCUT2D eigenvalue weighted by Gasteiger charge is 2.19. The number of ether oxygens (including phenoxy) is 1. The zero-order chi connectivity index (χ0) is 16.4. The number of carboxylic acids is 1. The Morgan fingerprint density at radius 2 is 1.73 bits per heavy atom. The van der Waals surface area contributed by atoms with Gasteiger partial charge in [-0.05, 0) is 44.2 Å². The summed E-state index contributed by atoms with van der Waals surface area (Å²) in [7, 11) is 1.52. The van der Waals surface area contributed by atoms with Gasteiger partial charge in [0.15, 0.2) is 5.78 Å². The van der Waals surface area contributed by atoms with Crippen molar-refractivity contribution in [3.05, 3.63) is 57.5 Å². The summed E-state index contributed by atoms with van der Waals surface area (Å²) in [5, 5.41) is 9.17. The van der Waals surface area contributed by atoms with Crippen LogP contribution in [0.2, 0.25) is 0 Å². The van der Waals surface area contributed by atoms with Crippen molar-refractivity contribution >= 4 is 11.8 Å². The lowest BCUT2D eigenvalue weighted by atomic mass is 10.1. The summed E-state index contributed by atoms with van der Waals surface area (Å²) in [6.07, 6.45) is 0. The number of ketones is 1. The van der Waals surface area contributed by atoms with Gasteiger partial charge in [0.1, 0.15) is 11.3 Å². The van der Waals surface area contributed by atoms with Gasteiger partial charge in [-0.2, -0.15) is 0 Å². The molecule has 1 heterocycles. The first-order chi connectivity index (χ1) is 10.4. The van der Waals surface area contributed by atoms with E-state index in [1.807, 2.05) is 0 Å². The fourth-order valence-electron chi connectivity index (χ4n) is 2.26. The third-order valence-corrected chi connectivity index (χ3v) is 3.39. The number of aromatic carboxylic acids is 1. The van der Waals surface area contributed by atoms with E-state index in [1.165, 1.54) is 18.6 Å². The minimum Gasteiger partial charge on any atom is -0.497 e. The second kappa shape index (κ2) is 5.85. The average Bonchev–Trinajstić information content (AvgIpc) is 2.47. The fourth-order valence-corrected chi connectivity index (χ4v) is 2.26. The smallest absolute Gasteiger partial charge is 0.341 e. The maximum atomic E-state index is 12.4. The molecule has 0 aliphatic heterocycles. The van der Waals surface area contributed by atoms with Gasteiger partial charge in [-0.25, -0.2) is 4.79 Å². The molecule has 114 valence electrons. The molecule has 22 heavy (non-hydrogen) atoms. The lowest BCUT2D eigenvalue weighted by Crippen LogP contribution is -2.28. The summed E-state index contributed by atoms with van der Waals surface area (Å²) in [6, 6.07) is 7.69. The van der Waals surface area contributed by atoms with E-state index in [1.54, 1.807) is 31.2 Å². The van der Waals surface area contributed by atoms with Gasteiger partial charge in [0.25, 0.3) is 5.56 Å². The minimum absolute atomic E-state index is 0.202. The molecule has 0 saturated heterocycles. The Labute approximate surface area is 126 Å². The molecule has 0 spiro atoms. The Balaban J connectivity index is 2.80. The van der Waals surface area contributed by atoms with Crippen molar-refractivity contribution in [2.75, 3.05) is 7.11 Å². The van der Waals surface area contributed by atoms with Crippen LogP contribution in [-0.2, 0) is 0 Å². The number of carboxylic acid groups (broad SMARTS) is 1. The largest absolute Gasteiger partial charge is 0.497 e. The molecule has 0 aliphatic rings. The van der Waals surface area contributed by atoms with E-state index < -0.39 is 17.1 Å². The first-order valence-electron chi connectivity index (χ1n) is 6.52. The van der Waals surface area contributed by atoms with Crippen molar-refractivity contribution in [2.24, 2.45) is 0 Å². The Hall–Kier alpha value is -2.89. The molecule has 0 aliphatic carbocycles. The molecule has 0 radical (unpaired) electrons. The summed E-state index contributed by atoms with van der Waals surface area (Å²) in [5.74, 6) is -1.06. The average molecular weight is 301 g/mol. The van der Waals surface area contributed by atoms with E-state index in [4.69, 9.17) is 4.74 Å². The zero-order valence-corrected chi connectivity index (χ0v) is 12.4. The van der Waals surface area contributed by atoms with E-state index in [9.17, 15) is 19.5 Å². The third kappa shape index (κ3) is 2.63. The van der Waals surface area contributed by atoms with Crippen LogP contribution in [0.3, 0.4) is 0 Å². The molecule has 0 saturated carbocycles. The minimum atomic E-state index is -1.37. The third-order valence-electron chi connectivity index (χ3n) is 3.39. The number of benzene rings is 1. The molecule has 0 bridgehead atoms. The lowest BCUT2D eigenvalue weighted by molar-refractivity contribution is 0.0694. The van der Waals surface area contributed by atoms with Crippen LogP contribution in [0.4, 0.5) is 0 Å². The van der Waals surface area contributed by atoms with E-state index in [0.717, 1.165) is 6.07 Å². The number of hydrogen-bond donors (Lipinski definition) is 1. The van der Waals surface area contributed by atoms with Crippen molar-refractivity contribution < 1.29 is 19.4 Å². The van der Waals surface area contributed by atoms with E-state index in [-0.39, 0.29) is 11.3 Å². The summed E-state index contributed by atoms with van der Waals surface area (Å²) in [5.41, 5.74) is -0.0545. The van der Waals surface area contributed by atoms with Crippen molar-refractivity contribution in [3.63, 3.8) is 0 Å². The van der Waals surface area contributed by atoms with Gasteiger partial charge >= 0.3 is 5.97 Å². The Kier molecular flexibility index (Phi) is 4.12. The van der Waals surface area contributed by atoms with E-state index >= 15 is 0 Å². The maximum Gasteiger partial charge on any atom is 0.341 e. The van der Waals surface area contributed by atoms with Crippen LogP contribution >= 0.6 is 0 Å². The molecular formula is C16H15NO5. The Morgan fingerprint density at radius 1 is 1.14 bits per heavy atom. The predicted octanol–water partition coefficient (Wildman–Crippen LogP) is 2.06. The first-order valence-corrected chi connectivity index (χ1v) is 6.52. The molecule has 0 fully saturated rings. The highest BCUT2D eigenvalue weighted by molar-refractivity contribution is 5.98.